The molecule has 3 aromatic rings. The van der Waals surface area contributed by atoms with Gasteiger partial charge in [-0.05, 0) is 53.4 Å². The zero-order valence-electron chi connectivity index (χ0n) is 19.1. The molecule has 1 heterocycles. The second-order valence-electron chi connectivity index (χ2n) is 8.64. The van der Waals surface area contributed by atoms with Crippen LogP contribution in [0.3, 0.4) is 0 Å². The molecule has 0 bridgehead atoms. The minimum Gasteiger partial charge on any atom is -0.497 e. The van der Waals surface area contributed by atoms with Crippen LogP contribution in [0, 0.1) is 0 Å². The number of fused-ring (bicyclic) bond motifs is 1. The van der Waals surface area contributed by atoms with Crippen molar-refractivity contribution in [3.05, 3.63) is 89.5 Å². The Kier molecular flexibility index (Phi) is 6.83. The van der Waals surface area contributed by atoms with Gasteiger partial charge in [-0.1, -0.05) is 42.5 Å². The molecule has 0 radical (unpaired) electrons. The van der Waals surface area contributed by atoms with Gasteiger partial charge in [0.15, 0.2) is 6.10 Å². The summed E-state index contributed by atoms with van der Waals surface area (Å²) in [5.74, 6) is 0.176. The fourth-order valence-electron chi connectivity index (χ4n) is 4.71. The zero-order chi connectivity index (χ0) is 26.1. The van der Waals surface area contributed by atoms with Crippen LogP contribution in [-0.4, -0.2) is 43.9 Å². The lowest BCUT2D eigenvalue weighted by atomic mass is 9.71. The standard InChI is InChI=1S/C26H23F6NO3/c1-35-19-11-9-17(10-12-19)14-24(18-5-4-6-20(13-18)36-26(30,31)32)16-33(15-23(34)25(27,28)29)22-8-3-2-7-21(22)24/h2-13,23,34H,14-16H2,1H3/t23-,24?/m1/s1. The lowest BCUT2D eigenvalue weighted by molar-refractivity contribution is -0.274. The Morgan fingerprint density at radius 3 is 2.25 bits per heavy atom. The normalized spacial score (nSPS) is 18.6. The Balaban J connectivity index is 1.83. The quantitative estimate of drug-likeness (QED) is 0.403. The van der Waals surface area contributed by atoms with Gasteiger partial charge in [0.2, 0.25) is 0 Å². The molecule has 2 atom stereocenters. The fourth-order valence-corrected chi connectivity index (χ4v) is 4.71. The molecule has 0 amide bonds. The first-order chi connectivity index (χ1) is 16.9. The number of aliphatic hydroxyl groups excluding tert-OH is 1. The van der Waals surface area contributed by atoms with Crippen LogP contribution in [0.25, 0.3) is 0 Å². The van der Waals surface area contributed by atoms with E-state index in [4.69, 9.17) is 4.74 Å². The van der Waals surface area contributed by atoms with Gasteiger partial charge in [0, 0.05) is 17.6 Å². The number of hydrogen-bond acceptors (Lipinski definition) is 4. The maximum atomic E-state index is 13.2. The number of methoxy groups -OCH3 is 1. The van der Waals surface area contributed by atoms with Gasteiger partial charge in [-0.25, -0.2) is 0 Å². The average molecular weight is 511 g/mol. The first kappa shape index (κ1) is 25.7. The number of hydrogen-bond donors (Lipinski definition) is 1. The number of anilines is 1. The zero-order valence-corrected chi connectivity index (χ0v) is 19.1. The Hall–Kier alpha value is -3.40. The van der Waals surface area contributed by atoms with Gasteiger partial charge in [-0.15, -0.1) is 13.2 Å². The summed E-state index contributed by atoms with van der Waals surface area (Å²) in [6.07, 6.45) is -12.1. The summed E-state index contributed by atoms with van der Waals surface area (Å²) in [7, 11) is 1.51. The van der Waals surface area contributed by atoms with Crippen molar-refractivity contribution in [2.75, 3.05) is 25.1 Å². The van der Waals surface area contributed by atoms with Crippen LogP contribution < -0.4 is 14.4 Å². The summed E-state index contributed by atoms with van der Waals surface area (Å²) in [6.45, 7) is -0.718. The Labute approximate surface area is 203 Å². The molecule has 4 nitrogen and oxygen atoms in total. The van der Waals surface area contributed by atoms with Gasteiger partial charge >= 0.3 is 12.5 Å². The van der Waals surface area contributed by atoms with E-state index in [2.05, 4.69) is 4.74 Å². The van der Waals surface area contributed by atoms with Gasteiger partial charge in [0.25, 0.3) is 0 Å². The van der Waals surface area contributed by atoms with Crippen LogP contribution in [0.5, 0.6) is 11.5 Å². The number of benzene rings is 3. The van der Waals surface area contributed by atoms with Crippen molar-refractivity contribution in [2.24, 2.45) is 0 Å². The van der Waals surface area contributed by atoms with Gasteiger partial charge in [-0.2, -0.15) is 13.2 Å². The summed E-state index contributed by atoms with van der Waals surface area (Å²) in [6, 6.07) is 19.3. The van der Waals surface area contributed by atoms with Crippen LogP contribution in [-0.2, 0) is 11.8 Å². The molecular formula is C26H23F6NO3. The molecule has 1 unspecified atom stereocenters. The van der Waals surface area contributed by atoms with Crippen LogP contribution in [0.1, 0.15) is 16.7 Å². The van der Waals surface area contributed by atoms with Crippen LogP contribution in [0.15, 0.2) is 72.8 Å². The molecule has 36 heavy (non-hydrogen) atoms. The van der Waals surface area contributed by atoms with Crippen molar-refractivity contribution in [1.82, 2.24) is 0 Å². The minimum atomic E-state index is -4.90. The first-order valence-corrected chi connectivity index (χ1v) is 11.0. The highest BCUT2D eigenvalue weighted by atomic mass is 19.4. The molecule has 1 aliphatic heterocycles. The SMILES string of the molecule is COc1ccc(CC2(c3cccc(OC(F)(F)F)c3)CN(C[C@@H](O)C(F)(F)F)c3ccccc32)cc1. The van der Waals surface area contributed by atoms with Gasteiger partial charge in [0.05, 0.1) is 13.7 Å². The molecular weight excluding hydrogens is 488 g/mol. The van der Waals surface area contributed by atoms with E-state index in [-0.39, 0.29) is 13.0 Å². The van der Waals surface area contributed by atoms with E-state index in [1.165, 1.54) is 30.2 Å². The lowest BCUT2D eigenvalue weighted by Crippen LogP contribution is -2.44. The van der Waals surface area contributed by atoms with Crippen LogP contribution in [0.2, 0.25) is 0 Å². The van der Waals surface area contributed by atoms with Crippen LogP contribution in [0.4, 0.5) is 32.0 Å². The fraction of sp³-hybridized carbons (Fsp3) is 0.308. The summed E-state index contributed by atoms with van der Waals surface area (Å²) in [5.41, 5.74) is 1.32. The highest BCUT2D eigenvalue weighted by molar-refractivity contribution is 5.67. The predicted octanol–water partition coefficient (Wildman–Crippen LogP) is 5.87. The maximum absolute atomic E-state index is 13.2. The summed E-state index contributed by atoms with van der Waals surface area (Å²) < 4.78 is 87.8. The van der Waals surface area contributed by atoms with E-state index >= 15 is 0 Å². The van der Waals surface area contributed by atoms with E-state index in [0.29, 0.717) is 22.6 Å². The molecule has 1 N–H and O–H groups in total. The molecule has 192 valence electrons. The largest absolute Gasteiger partial charge is 0.573 e. The maximum Gasteiger partial charge on any atom is 0.573 e. The van der Waals surface area contributed by atoms with Crippen molar-refractivity contribution in [3.8, 4) is 11.5 Å². The van der Waals surface area contributed by atoms with E-state index < -0.39 is 36.4 Å². The molecule has 0 saturated carbocycles. The van der Waals surface area contributed by atoms with Crippen molar-refractivity contribution >= 4 is 5.69 Å². The topological polar surface area (TPSA) is 41.9 Å². The third-order valence-electron chi connectivity index (χ3n) is 6.28. The van der Waals surface area contributed by atoms with Crippen molar-refractivity contribution in [3.63, 3.8) is 0 Å². The van der Waals surface area contributed by atoms with E-state index in [9.17, 15) is 31.4 Å². The van der Waals surface area contributed by atoms with E-state index in [1.54, 1.807) is 54.6 Å². The second-order valence-corrected chi connectivity index (χ2v) is 8.64. The number of halogens is 6. The van der Waals surface area contributed by atoms with Gasteiger partial charge < -0.3 is 19.5 Å². The van der Waals surface area contributed by atoms with Crippen molar-refractivity contribution < 1.29 is 40.9 Å². The van der Waals surface area contributed by atoms with E-state index in [1.807, 2.05) is 0 Å². The number of aliphatic hydroxyl groups is 1. The molecule has 0 aliphatic carbocycles. The van der Waals surface area contributed by atoms with Crippen molar-refractivity contribution in [2.45, 2.75) is 30.5 Å². The van der Waals surface area contributed by atoms with Gasteiger partial charge in [0.1, 0.15) is 11.5 Å². The van der Waals surface area contributed by atoms with Crippen LogP contribution >= 0.6 is 0 Å². The highest BCUT2D eigenvalue weighted by Crippen LogP contribution is 2.48. The highest BCUT2D eigenvalue weighted by Gasteiger charge is 2.47. The lowest BCUT2D eigenvalue weighted by Gasteiger charge is -2.33. The molecule has 4 rings (SSSR count). The van der Waals surface area contributed by atoms with Crippen molar-refractivity contribution in [1.29, 1.82) is 0 Å². The molecule has 1 aliphatic rings. The Morgan fingerprint density at radius 1 is 0.917 bits per heavy atom. The Bertz CT molecular complexity index is 1200. The molecule has 10 heteroatoms. The van der Waals surface area contributed by atoms with E-state index in [0.717, 1.165) is 5.56 Å². The molecule has 3 aromatic carbocycles. The minimum absolute atomic E-state index is 0.000979. The van der Waals surface area contributed by atoms with Gasteiger partial charge in [-0.3, -0.25) is 0 Å². The third-order valence-corrected chi connectivity index (χ3v) is 6.28. The number of alkyl halides is 6. The molecule has 0 aromatic heterocycles. The Morgan fingerprint density at radius 2 is 1.61 bits per heavy atom. The predicted molar refractivity (Wildman–Crippen MR) is 121 cm³/mol. The number of ether oxygens (including phenoxy) is 2. The number of para-hydroxylation sites is 1. The summed E-state index contributed by atoms with van der Waals surface area (Å²) >= 11 is 0. The molecule has 0 spiro atoms. The monoisotopic (exact) mass is 511 g/mol. The molecule has 0 fully saturated rings. The number of β-amino-alcohol motifs (C(OH)–C–C–N with tert-alkyl or cyclic N) is 1. The summed E-state index contributed by atoms with van der Waals surface area (Å²) in [4.78, 5) is 1.42. The number of nitrogens with zero attached hydrogens (tertiary/aromatic N) is 1. The second kappa shape index (κ2) is 9.57. The third kappa shape index (κ3) is 5.38. The molecule has 0 saturated heterocycles. The smallest absolute Gasteiger partial charge is 0.497 e. The summed E-state index contributed by atoms with van der Waals surface area (Å²) in [5, 5.41) is 9.81. The number of rotatable bonds is 7. The average Bonchev–Trinajstić information content (AvgIpc) is 3.12. The first-order valence-electron chi connectivity index (χ1n) is 11.0.